The fourth-order valence-electron chi connectivity index (χ4n) is 2.47. The number of nitrogens with zero attached hydrogens (tertiary/aromatic N) is 5. The zero-order chi connectivity index (χ0) is 13.9. The quantitative estimate of drug-likeness (QED) is 0.880. The van der Waals surface area contributed by atoms with E-state index in [1.54, 1.807) is 18.6 Å². The van der Waals surface area contributed by atoms with Crippen LogP contribution in [0.2, 0.25) is 0 Å². The van der Waals surface area contributed by atoms with Crippen LogP contribution in [-0.2, 0) is 0 Å². The Morgan fingerprint density at radius 2 is 1.85 bits per heavy atom. The van der Waals surface area contributed by atoms with Gasteiger partial charge >= 0.3 is 0 Å². The van der Waals surface area contributed by atoms with Crippen LogP contribution >= 0.6 is 0 Å². The largest absolute Gasteiger partial charge is 0.396 e. The number of nitrogen functional groups attached to an aromatic ring is 1. The van der Waals surface area contributed by atoms with Gasteiger partial charge < -0.3 is 15.5 Å². The normalized spacial score (nSPS) is 15.4. The number of anilines is 3. The molecule has 0 aromatic carbocycles. The Labute approximate surface area is 118 Å². The second-order valence-corrected chi connectivity index (χ2v) is 5.00. The lowest BCUT2D eigenvalue weighted by atomic mass is 10.2. The Kier molecular flexibility index (Phi) is 3.37. The zero-order valence-corrected chi connectivity index (χ0v) is 11.5. The Morgan fingerprint density at radius 1 is 1.10 bits per heavy atom. The number of piperazine rings is 1. The molecule has 0 bridgehead atoms. The van der Waals surface area contributed by atoms with Crippen LogP contribution in [0.4, 0.5) is 17.2 Å². The smallest absolute Gasteiger partial charge is 0.151 e. The molecule has 1 saturated heterocycles. The van der Waals surface area contributed by atoms with Crippen LogP contribution in [0.25, 0.3) is 0 Å². The van der Waals surface area contributed by atoms with Gasteiger partial charge in [0, 0.05) is 32.4 Å². The molecule has 0 amide bonds. The monoisotopic (exact) mass is 270 g/mol. The minimum atomic E-state index is 0.733. The maximum absolute atomic E-state index is 5.98. The summed E-state index contributed by atoms with van der Waals surface area (Å²) in [5, 5.41) is 8.22. The van der Waals surface area contributed by atoms with Crippen molar-refractivity contribution in [3.8, 4) is 0 Å². The standard InChI is InChI=1S/C14H18N6/c1-11-8-14(18-17-9-11)20-6-4-19(5-7-20)13-2-3-16-10-12(13)15/h2-3,8-10H,4-7,15H2,1H3. The average molecular weight is 270 g/mol. The third-order valence-electron chi connectivity index (χ3n) is 3.55. The van der Waals surface area contributed by atoms with Crippen molar-refractivity contribution in [1.82, 2.24) is 15.2 Å². The zero-order valence-electron chi connectivity index (χ0n) is 11.5. The van der Waals surface area contributed by atoms with E-state index in [1.807, 2.05) is 13.0 Å². The van der Waals surface area contributed by atoms with Crippen molar-refractivity contribution in [2.24, 2.45) is 0 Å². The lowest BCUT2D eigenvalue weighted by molar-refractivity contribution is 0.643. The molecule has 1 aliphatic heterocycles. The van der Waals surface area contributed by atoms with Crippen molar-refractivity contribution in [3.63, 3.8) is 0 Å². The summed E-state index contributed by atoms with van der Waals surface area (Å²) in [5.74, 6) is 0.951. The molecule has 2 aromatic heterocycles. The predicted molar refractivity (Wildman–Crippen MR) is 79.8 cm³/mol. The highest BCUT2D eigenvalue weighted by atomic mass is 15.3. The van der Waals surface area contributed by atoms with Gasteiger partial charge in [0.05, 0.1) is 23.8 Å². The van der Waals surface area contributed by atoms with Crippen LogP contribution in [0.3, 0.4) is 0 Å². The van der Waals surface area contributed by atoms with Gasteiger partial charge in [0.1, 0.15) is 0 Å². The lowest BCUT2D eigenvalue weighted by Crippen LogP contribution is -2.47. The van der Waals surface area contributed by atoms with E-state index in [2.05, 4.69) is 31.0 Å². The molecule has 104 valence electrons. The summed E-state index contributed by atoms with van der Waals surface area (Å²) in [6, 6.07) is 4.04. The fourth-order valence-corrected chi connectivity index (χ4v) is 2.47. The molecule has 0 atom stereocenters. The molecule has 2 aromatic rings. The summed E-state index contributed by atoms with van der Waals surface area (Å²) >= 11 is 0. The summed E-state index contributed by atoms with van der Waals surface area (Å²) < 4.78 is 0. The number of nitrogens with two attached hydrogens (primary N) is 1. The van der Waals surface area contributed by atoms with Gasteiger partial charge in [-0.05, 0) is 24.6 Å². The first kappa shape index (κ1) is 12.7. The van der Waals surface area contributed by atoms with E-state index in [9.17, 15) is 0 Å². The highest BCUT2D eigenvalue weighted by Gasteiger charge is 2.19. The first-order chi connectivity index (χ1) is 9.74. The van der Waals surface area contributed by atoms with Crippen LogP contribution in [-0.4, -0.2) is 41.4 Å². The SMILES string of the molecule is Cc1cnnc(N2CCN(c3ccncc3N)CC2)c1. The van der Waals surface area contributed by atoms with E-state index in [1.165, 1.54) is 0 Å². The fraction of sp³-hybridized carbons (Fsp3) is 0.357. The van der Waals surface area contributed by atoms with Crippen molar-refractivity contribution in [2.75, 3.05) is 41.7 Å². The van der Waals surface area contributed by atoms with Crippen LogP contribution in [0.15, 0.2) is 30.7 Å². The van der Waals surface area contributed by atoms with E-state index in [0.29, 0.717) is 0 Å². The number of hydrogen-bond acceptors (Lipinski definition) is 6. The van der Waals surface area contributed by atoms with E-state index < -0.39 is 0 Å². The second-order valence-electron chi connectivity index (χ2n) is 5.00. The van der Waals surface area contributed by atoms with Crippen LogP contribution in [0.5, 0.6) is 0 Å². The van der Waals surface area contributed by atoms with Gasteiger partial charge in [-0.3, -0.25) is 4.98 Å². The number of rotatable bonds is 2. The van der Waals surface area contributed by atoms with E-state index >= 15 is 0 Å². The van der Waals surface area contributed by atoms with Gasteiger partial charge in [-0.1, -0.05) is 0 Å². The van der Waals surface area contributed by atoms with E-state index in [4.69, 9.17) is 5.73 Å². The van der Waals surface area contributed by atoms with Crippen molar-refractivity contribution in [2.45, 2.75) is 6.92 Å². The van der Waals surface area contributed by atoms with Crippen molar-refractivity contribution in [1.29, 1.82) is 0 Å². The Morgan fingerprint density at radius 3 is 2.55 bits per heavy atom. The Bertz CT molecular complexity index is 592. The second kappa shape index (κ2) is 5.32. The summed E-state index contributed by atoms with van der Waals surface area (Å²) in [6.45, 7) is 5.71. The van der Waals surface area contributed by atoms with Gasteiger partial charge in [-0.25, -0.2) is 0 Å². The maximum atomic E-state index is 5.98. The van der Waals surface area contributed by atoms with Crippen LogP contribution in [0, 0.1) is 6.92 Å². The van der Waals surface area contributed by atoms with E-state index in [-0.39, 0.29) is 0 Å². The molecule has 0 saturated carbocycles. The molecule has 2 N–H and O–H groups in total. The molecule has 20 heavy (non-hydrogen) atoms. The highest BCUT2D eigenvalue weighted by molar-refractivity contribution is 5.66. The summed E-state index contributed by atoms with van der Waals surface area (Å²) in [6.07, 6.45) is 5.26. The minimum absolute atomic E-state index is 0.733. The van der Waals surface area contributed by atoms with Crippen LogP contribution < -0.4 is 15.5 Å². The summed E-state index contributed by atoms with van der Waals surface area (Å²) in [7, 11) is 0. The number of aromatic nitrogens is 3. The highest BCUT2D eigenvalue weighted by Crippen LogP contribution is 2.23. The third kappa shape index (κ3) is 2.49. The molecular formula is C14H18N6. The van der Waals surface area contributed by atoms with Gasteiger partial charge in [0.15, 0.2) is 5.82 Å². The number of pyridine rings is 1. The van der Waals surface area contributed by atoms with Crippen molar-refractivity contribution >= 4 is 17.2 Å². The maximum Gasteiger partial charge on any atom is 0.151 e. The third-order valence-corrected chi connectivity index (χ3v) is 3.55. The summed E-state index contributed by atoms with van der Waals surface area (Å²) in [4.78, 5) is 8.58. The molecule has 6 nitrogen and oxygen atoms in total. The predicted octanol–water partition coefficient (Wildman–Crippen LogP) is 1.09. The van der Waals surface area contributed by atoms with Gasteiger partial charge in [0.25, 0.3) is 0 Å². The van der Waals surface area contributed by atoms with E-state index in [0.717, 1.165) is 48.9 Å². The summed E-state index contributed by atoms with van der Waals surface area (Å²) in [5.41, 5.74) is 8.91. The van der Waals surface area contributed by atoms with Gasteiger partial charge in [-0.15, -0.1) is 5.10 Å². The molecule has 0 unspecified atom stereocenters. The average Bonchev–Trinajstić information content (AvgIpc) is 2.48. The number of hydrogen-bond donors (Lipinski definition) is 1. The molecule has 0 aliphatic carbocycles. The van der Waals surface area contributed by atoms with Gasteiger partial charge in [0.2, 0.25) is 0 Å². The lowest BCUT2D eigenvalue weighted by Gasteiger charge is -2.36. The topological polar surface area (TPSA) is 71.2 Å². The molecule has 1 aliphatic rings. The first-order valence-electron chi connectivity index (χ1n) is 6.73. The minimum Gasteiger partial charge on any atom is -0.396 e. The van der Waals surface area contributed by atoms with Gasteiger partial charge in [-0.2, -0.15) is 5.10 Å². The van der Waals surface area contributed by atoms with Crippen molar-refractivity contribution < 1.29 is 0 Å². The van der Waals surface area contributed by atoms with Crippen molar-refractivity contribution in [3.05, 3.63) is 36.3 Å². The molecular weight excluding hydrogens is 252 g/mol. The molecule has 6 heteroatoms. The first-order valence-corrected chi connectivity index (χ1v) is 6.73. The molecule has 0 spiro atoms. The molecule has 0 radical (unpaired) electrons. The molecule has 1 fully saturated rings. The van der Waals surface area contributed by atoms with Crippen LogP contribution in [0.1, 0.15) is 5.56 Å². The Hall–Kier alpha value is -2.37. The molecule has 3 rings (SSSR count). The number of aryl methyl sites for hydroxylation is 1. The molecule has 3 heterocycles. The Balaban J connectivity index is 1.70.